The molecule has 3 N–H and O–H groups in total. The fourth-order valence-corrected chi connectivity index (χ4v) is 3.92. The van der Waals surface area contributed by atoms with Crippen LogP contribution in [0.2, 0.25) is 0 Å². The molecule has 0 saturated carbocycles. The van der Waals surface area contributed by atoms with Crippen molar-refractivity contribution in [3.8, 4) is 11.1 Å². The molecule has 0 fully saturated rings. The van der Waals surface area contributed by atoms with Gasteiger partial charge in [-0.05, 0) is 34.6 Å². The zero-order valence-electron chi connectivity index (χ0n) is 17.5. The lowest BCUT2D eigenvalue weighted by atomic mass is 10.0. The van der Waals surface area contributed by atoms with E-state index >= 15 is 0 Å². The SMILES string of the molecule is CC.CC(C)c1ccccc1[NH2+]S(=O)(=O)O.c1ccc2c(c1)Cc1ccccc1-2. The van der Waals surface area contributed by atoms with Crippen LogP contribution in [0.5, 0.6) is 0 Å². The Kier molecular flexibility index (Phi) is 8.14. The van der Waals surface area contributed by atoms with Gasteiger partial charge in [0.15, 0.2) is 0 Å². The Morgan fingerprint density at radius 3 is 1.72 bits per heavy atom. The lowest BCUT2D eigenvalue weighted by molar-refractivity contribution is -0.407. The highest BCUT2D eigenvalue weighted by Crippen LogP contribution is 2.35. The van der Waals surface area contributed by atoms with E-state index < -0.39 is 10.3 Å². The van der Waals surface area contributed by atoms with E-state index in [1.807, 2.05) is 39.8 Å². The number of quaternary nitrogens is 1. The van der Waals surface area contributed by atoms with Crippen molar-refractivity contribution >= 4 is 16.0 Å². The molecule has 5 heteroatoms. The third kappa shape index (κ3) is 6.26. The number of fused-ring (bicyclic) bond motifs is 3. The van der Waals surface area contributed by atoms with Crippen LogP contribution in [-0.2, 0) is 16.7 Å². The normalized spacial score (nSPS) is 11.5. The highest BCUT2D eigenvalue weighted by molar-refractivity contribution is 7.79. The van der Waals surface area contributed by atoms with Gasteiger partial charge in [0.25, 0.3) is 0 Å². The quantitative estimate of drug-likeness (QED) is 0.364. The summed E-state index contributed by atoms with van der Waals surface area (Å²) in [5, 5.41) is 0. The molecule has 1 aliphatic rings. The van der Waals surface area contributed by atoms with E-state index in [9.17, 15) is 8.42 Å². The van der Waals surface area contributed by atoms with Crippen LogP contribution in [0.4, 0.5) is 5.69 Å². The van der Waals surface area contributed by atoms with Crippen LogP contribution in [0.1, 0.15) is 50.3 Å². The summed E-state index contributed by atoms with van der Waals surface area (Å²) in [5.74, 6) is 0.226. The van der Waals surface area contributed by atoms with Gasteiger partial charge in [0.1, 0.15) is 5.69 Å². The van der Waals surface area contributed by atoms with Gasteiger partial charge in [-0.15, -0.1) is 8.42 Å². The van der Waals surface area contributed by atoms with E-state index in [2.05, 4.69) is 48.5 Å². The highest BCUT2D eigenvalue weighted by atomic mass is 32.2. The summed E-state index contributed by atoms with van der Waals surface area (Å²) in [6.45, 7) is 7.94. The minimum Gasteiger partial charge on any atom is -0.241 e. The van der Waals surface area contributed by atoms with Crippen LogP contribution in [0.15, 0.2) is 72.8 Å². The van der Waals surface area contributed by atoms with Crippen molar-refractivity contribution < 1.29 is 17.7 Å². The Morgan fingerprint density at radius 1 is 0.793 bits per heavy atom. The molecule has 3 aromatic carbocycles. The Labute approximate surface area is 174 Å². The van der Waals surface area contributed by atoms with Gasteiger partial charge < -0.3 is 0 Å². The molecule has 4 nitrogen and oxygen atoms in total. The summed E-state index contributed by atoms with van der Waals surface area (Å²) < 4.78 is 30.9. The van der Waals surface area contributed by atoms with Gasteiger partial charge in [0.2, 0.25) is 0 Å². The largest absolute Gasteiger partial charge is 0.434 e. The second-order valence-electron chi connectivity index (χ2n) is 6.91. The van der Waals surface area contributed by atoms with Crippen molar-refractivity contribution in [2.75, 3.05) is 0 Å². The van der Waals surface area contributed by atoms with E-state index in [0.29, 0.717) is 5.69 Å². The van der Waals surface area contributed by atoms with Crippen molar-refractivity contribution in [1.29, 1.82) is 0 Å². The monoisotopic (exact) mass is 412 g/mol. The Hall–Kier alpha value is -2.47. The zero-order valence-corrected chi connectivity index (χ0v) is 18.3. The van der Waals surface area contributed by atoms with Crippen LogP contribution in [0, 0.1) is 0 Å². The number of benzene rings is 3. The molecule has 0 radical (unpaired) electrons. The van der Waals surface area contributed by atoms with E-state index in [0.717, 1.165) is 16.7 Å². The standard InChI is InChI=1S/C13H10.C9H13NO3S.C2H6/c1-3-7-12-10(5-1)9-11-6-2-4-8-13(11)12;1-7(2)8-5-3-4-6-9(8)10-14(11,12)13;1-2/h1-8H,9H2;3-7,10H,1-2H3,(H,11,12,13);1-2H3/p+1. The third-order valence-corrected chi connectivity index (χ3v) is 5.15. The number of rotatable bonds is 3. The summed E-state index contributed by atoms with van der Waals surface area (Å²) >= 11 is 0. The average molecular weight is 413 g/mol. The minimum absolute atomic E-state index is 0.226. The van der Waals surface area contributed by atoms with Crippen molar-refractivity contribution in [1.82, 2.24) is 0 Å². The maximum absolute atomic E-state index is 10.7. The molecule has 1 aliphatic carbocycles. The first-order valence-corrected chi connectivity index (χ1v) is 11.4. The molecule has 154 valence electrons. The minimum atomic E-state index is -4.06. The molecule has 0 aliphatic heterocycles. The highest BCUT2D eigenvalue weighted by Gasteiger charge is 2.16. The first kappa shape index (κ1) is 22.8. The smallest absolute Gasteiger partial charge is 0.241 e. The van der Waals surface area contributed by atoms with E-state index in [-0.39, 0.29) is 5.92 Å². The molecule has 0 atom stereocenters. The zero-order chi connectivity index (χ0) is 21.4. The van der Waals surface area contributed by atoms with Gasteiger partial charge in [0.05, 0.1) is 0 Å². The number of hydrogen-bond donors (Lipinski definition) is 2. The maximum atomic E-state index is 10.7. The number of nitrogens with two attached hydrogens (primary N) is 1. The lowest BCUT2D eigenvalue weighted by Gasteiger charge is -2.07. The fourth-order valence-electron chi connectivity index (χ4n) is 3.38. The first-order valence-electron chi connectivity index (χ1n) is 9.92. The molecule has 0 saturated heterocycles. The van der Waals surface area contributed by atoms with E-state index in [1.54, 1.807) is 12.1 Å². The van der Waals surface area contributed by atoms with Crippen LogP contribution in [-0.4, -0.2) is 13.0 Å². The van der Waals surface area contributed by atoms with E-state index in [4.69, 9.17) is 4.55 Å². The Bertz CT molecular complexity index is 1000. The molecule has 0 amide bonds. The molecule has 0 unspecified atom stereocenters. The second kappa shape index (κ2) is 10.3. The van der Waals surface area contributed by atoms with Gasteiger partial charge >= 0.3 is 10.3 Å². The first-order chi connectivity index (χ1) is 13.8. The van der Waals surface area contributed by atoms with Gasteiger partial charge in [-0.2, -0.15) is 4.72 Å². The predicted octanol–water partition coefficient (Wildman–Crippen LogP) is 5.09. The van der Waals surface area contributed by atoms with E-state index in [1.165, 1.54) is 22.3 Å². The summed E-state index contributed by atoms with van der Waals surface area (Å²) in [6.07, 6.45) is 1.10. The van der Waals surface area contributed by atoms with Crippen molar-refractivity contribution in [3.05, 3.63) is 89.5 Å². The molecule has 0 spiro atoms. The summed E-state index contributed by atoms with van der Waals surface area (Å²) in [5.41, 5.74) is 7.21. The molecular weight excluding hydrogens is 382 g/mol. The Balaban J connectivity index is 0.000000191. The summed E-state index contributed by atoms with van der Waals surface area (Å²) in [7, 11) is -4.06. The summed E-state index contributed by atoms with van der Waals surface area (Å²) in [6, 6.07) is 24.4. The van der Waals surface area contributed by atoms with Crippen molar-refractivity contribution in [2.45, 2.75) is 40.0 Å². The molecule has 0 heterocycles. The molecular formula is C24H30NO3S+. The molecule has 29 heavy (non-hydrogen) atoms. The van der Waals surface area contributed by atoms with Gasteiger partial charge in [-0.1, -0.05) is 94.4 Å². The van der Waals surface area contributed by atoms with Gasteiger partial charge in [-0.3, -0.25) is 0 Å². The predicted molar refractivity (Wildman–Crippen MR) is 120 cm³/mol. The van der Waals surface area contributed by atoms with Crippen LogP contribution >= 0.6 is 0 Å². The lowest BCUT2D eigenvalue weighted by Crippen LogP contribution is -2.81. The van der Waals surface area contributed by atoms with Crippen LogP contribution in [0.3, 0.4) is 0 Å². The van der Waals surface area contributed by atoms with Crippen LogP contribution in [0.25, 0.3) is 11.1 Å². The third-order valence-electron chi connectivity index (χ3n) is 4.60. The van der Waals surface area contributed by atoms with Crippen molar-refractivity contribution in [2.24, 2.45) is 0 Å². The fraction of sp³-hybridized carbons (Fsp3) is 0.250. The second-order valence-corrected chi connectivity index (χ2v) is 8.17. The van der Waals surface area contributed by atoms with Crippen molar-refractivity contribution in [3.63, 3.8) is 0 Å². The van der Waals surface area contributed by atoms with Gasteiger partial charge in [-0.25, -0.2) is 4.55 Å². The topological polar surface area (TPSA) is 71.0 Å². The average Bonchev–Trinajstić information content (AvgIpc) is 3.08. The molecule has 3 aromatic rings. The Morgan fingerprint density at radius 2 is 1.24 bits per heavy atom. The number of hydrogen-bond acceptors (Lipinski definition) is 2. The van der Waals surface area contributed by atoms with Crippen LogP contribution < -0.4 is 4.72 Å². The molecule has 0 bridgehead atoms. The molecule has 0 aromatic heterocycles. The maximum Gasteiger partial charge on any atom is 0.434 e. The summed E-state index contributed by atoms with van der Waals surface area (Å²) in [4.78, 5) is 0. The molecule has 4 rings (SSSR count). The van der Waals surface area contributed by atoms with Gasteiger partial charge in [0, 0.05) is 11.6 Å².